The Morgan fingerprint density at radius 2 is 2.03 bits per heavy atom. The molecule has 5 heteroatoms. The van der Waals surface area contributed by atoms with Gasteiger partial charge in [-0.2, -0.15) is 0 Å². The summed E-state index contributed by atoms with van der Waals surface area (Å²) < 4.78 is 0. The van der Waals surface area contributed by atoms with Crippen LogP contribution in [0.4, 0.5) is 5.69 Å². The van der Waals surface area contributed by atoms with Crippen LogP contribution in [0.3, 0.4) is 0 Å². The quantitative estimate of drug-likeness (QED) is 0.460. The number of nitrogens with zero attached hydrogens (tertiary/aromatic N) is 1. The zero-order chi connectivity index (χ0) is 21.4. The van der Waals surface area contributed by atoms with Crippen LogP contribution >= 0.6 is 0 Å². The highest BCUT2D eigenvalue weighted by Gasteiger charge is 2.36. The third-order valence-corrected chi connectivity index (χ3v) is 7.43. The molecule has 5 nitrogen and oxygen atoms in total. The van der Waals surface area contributed by atoms with Crippen molar-refractivity contribution < 1.29 is 4.79 Å². The molecule has 2 fully saturated rings. The van der Waals surface area contributed by atoms with Gasteiger partial charge in [0.25, 0.3) is 0 Å². The maximum atomic E-state index is 12.0. The van der Waals surface area contributed by atoms with Crippen molar-refractivity contribution in [3.63, 3.8) is 0 Å². The fraction of sp³-hybridized carbons (Fsp3) is 0.462. The highest BCUT2D eigenvalue weighted by atomic mass is 16.1. The van der Waals surface area contributed by atoms with Gasteiger partial charge in [0.1, 0.15) is 11.9 Å². The molecule has 3 aromatic rings. The number of carbonyl (C=O) groups is 1. The summed E-state index contributed by atoms with van der Waals surface area (Å²) in [5.41, 5.74) is 11.4. The van der Waals surface area contributed by atoms with Crippen molar-refractivity contribution in [1.82, 2.24) is 9.97 Å². The van der Waals surface area contributed by atoms with E-state index in [1.165, 1.54) is 30.3 Å². The first kappa shape index (κ1) is 20.3. The minimum Gasteiger partial charge on any atom is -0.383 e. The van der Waals surface area contributed by atoms with Gasteiger partial charge in [0.2, 0.25) is 0 Å². The van der Waals surface area contributed by atoms with Crippen molar-refractivity contribution in [2.75, 3.05) is 11.9 Å². The molecular weight excluding hydrogens is 384 g/mol. The Hall–Kier alpha value is -2.66. The van der Waals surface area contributed by atoms with Gasteiger partial charge < -0.3 is 20.8 Å². The topological polar surface area (TPSA) is 83.8 Å². The third kappa shape index (κ3) is 4.11. The number of fused-ring (bicyclic) bond motifs is 1. The first-order valence-corrected chi connectivity index (χ1v) is 11.6. The molecule has 4 N–H and O–H groups in total. The van der Waals surface area contributed by atoms with Crippen LogP contribution in [0.2, 0.25) is 0 Å². The number of aromatic nitrogens is 2. The van der Waals surface area contributed by atoms with Crippen molar-refractivity contribution >= 4 is 23.0 Å². The van der Waals surface area contributed by atoms with Gasteiger partial charge in [-0.15, -0.1) is 0 Å². The molecule has 2 aliphatic rings. The zero-order valence-electron chi connectivity index (χ0n) is 18.2. The van der Waals surface area contributed by atoms with E-state index in [1.807, 2.05) is 12.3 Å². The van der Waals surface area contributed by atoms with Crippen molar-refractivity contribution in [3.05, 3.63) is 48.2 Å². The van der Waals surface area contributed by atoms with E-state index in [1.54, 1.807) is 0 Å². The van der Waals surface area contributed by atoms with E-state index >= 15 is 0 Å². The number of H-pyrrole nitrogens is 1. The average Bonchev–Trinajstić information content (AvgIpc) is 3.56. The number of benzene rings is 1. The van der Waals surface area contributed by atoms with Gasteiger partial charge in [-0.1, -0.05) is 18.2 Å². The minimum absolute atomic E-state index is 0.203. The van der Waals surface area contributed by atoms with Gasteiger partial charge >= 0.3 is 0 Å². The largest absolute Gasteiger partial charge is 0.383 e. The molecule has 2 heterocycles. The fourth-order valence-corrected chi connectivity index (χ4v) is 5.06. The lowest BCUT2D eigenvalue weighted by Gasteiger charge is -2.37. The predicted octanol–water partition coefficient (Wildman–Crippen LogP) is 5.24. The van der Waals surface area contributed by atoms with Crippen molar-refractivity contribution in [2.45, 2.75) is 57.4 Å². The lowest BCUT2D eigenvalue weighted by atomic mass is 9.70. The molecule has 2 aliphatic carbocycles. The first-order chi connectivity index (χ1) is 15.1. The number of aromatic amines is 1. The molecule has 0 saturated heterocycles. The van der Waals surface area contributed by atoms with E-state index < -0.39 is 0 Å². The summed E-state index contributed by atoms with van der Waals surface area (Å²) in [4.78, 5) is 20.1. The lowest BCUT2D eigenvalue weighted by molar-refractivity contribution is -0.117. The summed E-state index contributed by atoms with van der Waals surface area (Å²) in [6, 6.07) is 13.2. The second-order valence-electron chi connectivity index (χ2n) is 9.73. The maximum absolute atomic E-state index is 12.0. The van der Waals surface area contributed by atoms with Crippen LogP contribution in [0.1, 0.15) is 56.9 Å². The van der Waals surface area contributed by atoms with Crippen LogP contribution in [0, 0.1) is 11.3 Å². The molecule has 0 radical (unpaired) electrons. The van der Waals surface area contributed by atoms with Crippen LogP contribution in [-0.2, 0) is 4.79 Å². The molecule has 1 aromatic carbocycles. The van der Waals surface area contributed by atoms with E-state index in [0.717, 1.165) is 54.0 Å². The smallest absolute Gasteiger partial charge is 0.139 e. The summed E-state index contributed by atoms with van der Waals surface area (Å²) >= 11 is 0. The zero-order valence-corrected chi connectivity index (χ0v) is 18.2. The molecule has 0 bridgehead atoms. The van der Waals surface area contributed by atoms with Crippen LogP contribution in [0.15, 0.2) is 42.6 Å². The number of hydrogen-bond donors (Lipinski definition) is 3. The molecule has 0 amide bonds. The Morgan fingerprint density at radius 3 is 2.74 bits per heavy atom. The van der Waals surface area contributed by atoms with Gasteiger partial charge in [-0.05, 0) is 86.6 Å². The summed E-state index contributed by atoms with van der Waals surface area (Å²) in [6.45, 7) is 2.73. The Morgan fingerprint density at radius 1 is 1.23 bits per heavy atom. The molecule has 1 unspecified atom stereocenters. The normalized spacial score (nSPS) is 24.8. The second kappa shape index (κ2) is 8.12. The summed E-state index contributed by atoms with van der Waals surface area (Å²) in [5, 5.41) is 4.64. The SMILES string of the molecule is CC(N)C1CCC(C=O)(CNc2ccnc3[nH]c(-c4cccc(C5CC5)c4)cc23)CC1. The maximum Gasteiger partial charge on any atom is 0.139 e. The Labute approximate surface area is 183 Å². The predicted molar refractivity (Wildman–Crippen MR) is 126 cm³/mol. The Balaban J connectivity index is 1.36. The van der Waals surface area contributed by atoms with Gasteiger partial charge in [-0.25, -0.2) is 4.98 Å². The van der Waals surface area contributed by atoms with Crippen LogP contribution in [0.25, 0.3) is 22.3 Å². The standard InChI is InChI=1S/C26H32N4O/c1-17(27)18-7-10-26(16-31,11-8-18)15-29-23-9-12-28-25-22(23)14-24(30-25)21-4-2-3-20(13-21)19-5-6-19/h2-4,9,12-14,16-19H,5-8,10-11,15,27H2,1H3,(H2,28,29,30). The van der Waals surface area contributed by atoms with E-state index in [-0.39, 0.29) is 11.5 Å². The molecular formula is C26H32N4O. The highest BCUT2D eigenvalue weighted by molar-refractivity contribution is 5.93. The number of rotatable bonds is 7. The molecule has 31 heavy (non-hydrogen) atoms. The molecule has 0 spiro atoms. The van der Waals surface area contributed by atoms with Crippen molar-refractivity contribution in [3.8, 4) is 11.3 Å². The van der Waals surface area contributed by atoms with Gasteiger partial charge in [0.15, 0.2) is 0 Å². The fourth-order valence-electron chi connectivity index (χ4n) is 5.06. The molecule has 2 saturated carbocycles. The van der Waals surface area contributed by atoms with E-state index in [4.69, 9.17) is 5.73 Å². The molecule has 2 aromatic heterocycles. The minimum atomic E-state index is -0.307. The summed E-state index contributed by atoms with van der Waals surface area (Å²) in [6.07, 6.45) is 9.44. The van der Waals surface area contributed by atoms with Crippen LogP contribution in [0.5, 0.6) is 0 Å². The van der Waals surface area contributed by atoms with Crippen molar-refractivity contribution in [1.29, 1.82) is 0 Å². The lowest BCUT2D eigenvalue weighted by Crippen LogP contribution is -2.39. The molecule has 162 valence electrons. The molecule has 0 aliphatic heterocycles. The van der Waals surface area contributed by atoms with Gasteiger partial charge in [-0.3, -0.25) is 0 Å². The first-order valence-electron chi connectivity index (χ1n) is 11.6. The number of aldehydes is 1. The summed E-state index contributed by atoms with van der Waals surface area (Å²) in [7, 11) is 0. The third-order valence-electron chi connectivity index (χ3n) is 7.43. The molecule has 1 atom stereocenters. The number of pyridine rings is 1. The second-order valence-corrected chi connectivity index (χ2v) is 9.73. The average molecular weight is 417 g/mol. The highest BCUT2D eigenvalue weighted by Crippen LogP contribution is 2.42. The van der Waals surface area contributed by atoms with Crippen LogP contribution < -0.4 is 11.1 Å². The number of carbonyl (C=O) groups excluding carboxylic acids is 1. The van der Waals surface area contributed by atoms with E-state index in [0.29, 0.717) is 12.5 Å². The number of anilines is 1. The number of nitrogens with two attached hydrogens (primary N) is 1. The van der Waals surface area contributed by atoms with Gasteiger partial charge in [0.05, 0.1) is 0 Å². The number of hydrogen-bond acceptors (Lipinski definition) is 4. The van der Waals surface area contributed by atoms with Crippen molar-refractivity contribution in [2.24, 2.45) is 17.1 Å². The Kier molecular flexibility index (Phi) is 5.30. The molecule has 5 rings (SSSR count). The van der Waals surface area contributed by atoms with E-state index in [9.17, 15) is 4.79 Å². The van der Waals surface area contributed by atoms with Gasteiger partial charge in [0, 0.05) is 41.0 Å². The monoisotopic (exact) mass is 416 g/mol. The van der Waals surface area contributed by atoms with Crippen LogP contribution in [-0.4, -0.2) is 28.8 Å². The van der Waals surface area contributed by atoms with E-state index in [2.05, 4.69) is 52.5 Å². The number of nitrogens with one attached hydrogen (secondary N) is 2. The summed E-state index contributed by atoms with van der Waals surface area (Å²) in [5.74, 6) is 1.26. The Bertz CT molecular complexity index is 1070.